The highest BCUT2D eigenvalue weighted by molar-refractivity contribution is 5.73. The minimum absolute atomic E-state index is 0.674. The Labute approximate surface area is 290 Å². The molecule has 0 aromatic carbocycles. The number of hydrogen-bond donors (Lipinski definition) is 15. The van der Waals surface area contributed by atoms with Crippen LogP contribution in [0.5, 0.6) is 0 Å². The van der Waals surface area contributed by atoms with Crippen LogP contribution in [-0.2, 0) is 38.0 Å². The maximum Gasteiger partial charge on any atom is 0.217 e. The number of aliphatic hydroxyl groups is 13. The quantitative estimate of drug-likeness (QED) is 0.0696. The van der Waals surface area contributed by atoms with Gasteiger partial charge >= 0.3 is 0 Å². The number of carbonyl (C=O) groups excluding carboxylic acids is 2. The lowest BCUT2D eigenvalue weighted by Crippen LogP contribution is -2.67. The number of amides is 2. The second kappa shape index (κ2) is 19.5. The second-order valence-corrected chi connectivity index (χ2v) is 12.4. The number of ether oxygens (including phenoxy) is 6. The van der Waals surface area contributed by atoms with Crippen molar-refractivity contribution in [3.8, 4) is 0 Å². The third-order valence-corrected chi connectivity index (χ3v) is 8.65. The van der Waals surface area contributed by atoms with Gasteiger partial charge in [0.15, 0.2) is 18.9 Å². The van der Waals surface area contributed by atoms with E-state index in [1.165, 1.54) is 0 Å². The van der Waals surface area contributed by atoms with E-state index in [-0.39, 0.29) is 0 Å². The summed E-state index contributed by atoms with van der Waals surface area (Å²) in [4.78, 5) is 23.3. The first-order chi connectivity index (χ1) is 24.0. The fraction of sp³-hybridized carbons (Fsp3) is 0.929. The summed E-state index contributed by atoms with van der Waals surface area (Å²) in [6.07, 6.45) is -30.5. The highest BCUT2D eigenvalue weighted by Crippen LogP contribution is 2.31. The van der Waals surface area contributed by atoms with Crippen LogP contribution in [0.1, 0.15) is 13.8 Å². The summed E-state index contributed by atoms with van der Waals surface area (Å²) < 4.78 is 33.2. The van der Waals surface area contributed by atoms with Crippen LogP contribution in [0.25, 0.3) is 0 Å². The predicted molar refractivity (Wildman–Crippen MR) is 159 cm³/mol. The monoisotopic (exact) mass is 750 g/mol. The summed E-state index contributed by atoms with van der Waals surface area (Å²) in [5.41, 5.74) is 0. The summed E-state index contributed by atoms with van der Waals surface area (Å²) in [5, 5.41) is 139. The lowest BCUT2D eigenvalue weighted by Gasteiger charge is -2.47. The van der Waals surface area contributed by atoms with Gasteiger partial charge in [-0.1, -0.05) is 0 Å². The molecule has 23 heteroatoms. The van der Waals surface area contributed by atoms with Crippen LogP contribution >= 0.6 is 0 Å². The molecule has 3 aliphatic rings. The Morgan fingerprint density at radius 2 is 1.24 bits per heavy atom. The zero-order valence-corrected chi connectivity index (χ0v) is 27.6. The Balaban J connectivity index is 1.72. The molecule has 0 saturated carbocycles. The smallest absolute Gasteiger partial charge is 0.217 e. The lowest BCUT2D eigenvalue weighted by atomic mass is 9.95. The van der Waals surface area contributed by atoms with Crippen LogP contribution in [0.4, 0.5) is 0 Å². The van der Waals surface area contributed by atoms with Gasteiger partial charge in [0.25, 0.3) is 0 Å². The lowest BCUT2D eigenvalue weighted by molar-refractivity contribution is -0.358. The second-order valence-electron chi connectivity index (χ2n) is 12.4. The molecule has 3 rings (SSSR count). The van der Waals surface area contributed by atoms with Gasteiger partial charge in [0.2, 0.25) is 11.8 Å². The van der Waals surface area contributed by atoms with Crippen molar-refractivity contribution in [3.63, 3.8) is 0 Å². The minimum Gasteiger partial charge on any atom is -0.394 e. The molecular weight excluding hydrogens is 700 g/mol. The van der Waals surface area contributed by atoms with Crippen molar-refractivity contribution in [1.29, 1.82) is 0 Å². The fourth-order valence-electron chi connectivity index (χ4n) is 5.84. The number of nitrogens with one attached hydrogen (secondary N) is 2. The summed E-state index contributed by atoms with van der Waals surface area (Å²) in [7, 11) is 0. The maximum atomic E-state index is 11.8. The molecule has 0 aromatic heterocycles. The molecule has 19 atom stereocenters. The molecule has 23 nitrogen and oxygen atoms in total. The van der Waals surface area contributed by atoms with Gasteiger partial charge in [-0.15, -0.1) is 0 Å². The SMILES string of the molecule is CC(=O)N[C@H]1[C@H](O[C@H]2[C@H](O)[C@H](O)[C@@H](OC[C@H]3O[C@@H](O[C@@H]([C@H](O)[C@H](CO)NC(C)=O)[C@H](O)CO)[C@@H](O)[C@@H](O)[C@@H]3O)O[C@@H]2CO)O[C@H](CO)[C@@H](O)[C@@H]1O. The maximum absolute atomic E-state index is 11.8. The van der Waals surface area contributed by atoms with Crippen LogP contribution in [0.3, 0.4) is 0 Å². The predicted octanol–water partition coefficient (Wildman–Crippen LogP) is -9.83. The molecule has 51 heavy (non-hydrogen) atoms. The van der Waals surface area contributed by atoms with Crippen molar-refractivity contribution in [2.24, 2.45) is 0 Å². The average Bonchev–Trinajstić information content (AvgIpc) is 3.10. The summed E-state index contributed by atoms with van der Waals surface area (Å²) in [6, 6.07) is -2.87. The van der Waals surface area contributed by atoms with Crippen molar-refractivity contribution >= 4 is 11.8 Å². The molecule has 3 aliphatic heterocycles. The molecule has 0 spiro atoms. The minimum atomic E-state index is -2.03. The summed E-state index contributed by atoms with van der Waals surface area (Å²) >= 11 is 0. The van der Waals surface area contributed by atoms with E-state index in [4.69, 9.17) is 28.4 Å². The van der Waals surface area contributed by atoms with Gasteiger partial charge in [0.05, 0.1) is 39.1 Å². The zero-order valence-electron chi connectivity index (χ0n) is 27.6. The van der Waals surface area contributed by atoms with Crippen LogP contribution in [0.2, 0.25) is 0 Å². The largest absolute Gasteiger partial charge is 0.394 e. The van der Waals surface area contributed by atoms with E-state index in [1.54, 1.807) is 0 Å². The summed E-state index contributed by atoms with van der Waals surface area (Å²) in [5.74, 6) is -1.36. The molecule has 15 N–H and O–H groups in total. The third-order valence-electron chi connectivity index (χ3n) is 8.65. The van der Waals surface area contributed by atoms with E-state index >= 15 is 0 Å². The number of rotatable bonds is 16. The Hall–Kier alpha value is -1.82. The Morgan fingerprint density at radius 1 is 0.667 bits per heavy atom. The van der Waals surface area contributed by atoms with E-state index in [9.17, 15) is 76.0 Å². The molecular formula is C28H50N2O21. The first-order valence-electron chi connectivity index (χ1n) is 16.0. The van der Waals surface area contributed by atoms with E-state index in [0.717, 1.165) is 13.8 Å². The average molecular weight is 751 g/mol. The summed E-state index contributed by atoms with van der Waals surface area (Å²) in [6.45, 7) is -2.13. The molecule has 0 bridgehead atoms. The van der Waals surface area contributed by atoms with Crippen LogP contribution in [0, 0.1) is 0 Å². The van der Waals surface area contributed by atoms with E-state index in [1.807, 2.05) is 0 Å². The fourth-order valence-corrected chi connectivity index (χ4v) is 5.84. The van der Waals surface area contributed by atoms with Gasteiger partial charge in [0.1, 0.15) is 91.5 Å². The molecule has 0 aromatic rings. The van der Waals surface area contributed by atoms with E-state index in [2.05, 4.69) is 10.6 Å². The third kappa shape index (κ3) is 10.4. The molecule has 298 valence electrons. The zero-order chi connectivity index (χ0) is 38.3. The Kier molecular flexibility index (Phi) is 16.7. The normalized spacial score (nSPS) is 41.3. The Morgan fingerprint density at radius 3 is 1.78 bits per heavy atom. The molecule has 2 amide bonds. The molecule has 3 heterocycles. The van der Waals surface area contributed by atoms with E-state index in [0.29, 0.717) is 0 Å². The van der Waals surface area contributed by atoms with Crippen molar-refractivity contribution in [2.75, 3.05) is 33.0 Å². The highest BCUT2D eigenvalue weighted by atomic mass is 16.8. The van der Waals surface area contributed by atoms with Crippen molar-refractivity contribution in [2.45, 2.75) is 130 Å². The Bertz CT molecular complexity index is 1090. The molecule has 3 fully saturated rings. The molecule has 0 aliphatic carbocycles. The standard InChI is InChI=1S/C28H50N2O21/c1-8(35)29-10(3-31)16(38)24(11(37)4-32)50-28-22(44)20(42)18(40)14(49-28)7-46-27-23(45)21(43)25(13(6-34)48-27)51-26-15(30-9(2)36)19(41)17(39)12(5-33)47-26/h10-28,31-34,37-45H,3-7H2,1-2H3,(H,29,35)(H,30,36)/t10-,11+,12+,13+,14+,15+,16+,17+,18+,19+,20-,21+,22-,23-,24+,25+,26-,27-,28-/m0/s1. The van der Waals surface area contributed by atoms with Crippen molar-refractivity contribution in [1.82, 2.24) is 10.6 Å². The number of hydrogen-bond acceptors (Lipinski definition) is 21. The van der Waals surface area contributed by atoms with Gasteiger partial charge < -0.3 is 105 Å². The van der Waals surface area contributed by atoms with Gasteiger partial charge in [-0.05, 0) is 0 Å². The van der Waals surface area contributed by atoms with Gasteiger partial charge in [-0.2, -0.15) is 0 Å². The first-order valence-corrected chi connectivity index (χ1v) is 16.0. The molecule has 0 radical (unpaired) electrons. The van der Waals surface area contributed by atoms with Crippen LogP contribution in [-0.4, -0.2) is 228 Å². The number of carbonyl (C=O) groups is 2. The van der Waals surface area contributed by atoms with Crippen molar-refractivity contribution < 1.29 is 104 Å². The highest BCUT2D eigenvalue weighted by Gasteiger charge is 2.52. The van der Waals surface area contributed by atoms with Gasteiger partial charge in [0, 0.05) is 13.8 Å². The molecule has 3 saturated heterocycles. The van der Waals surface area contributed by atoms with Crippen LogP contribution in [0.15, 0.2) is 0 Å². The van der Waals surface area contributed by atoms with Gasteiger partial charge in [-0.25, -0.2) is 0 Å². The van der Waals surface area contributed by atoms with Crippen molar-refractivity contribution in [3.05, 3.63) is 0 Å². The van der Waals surface area contributed by atoms with Gasteiger partial charge in [-0.3, -0.25) is 9.59 Å². The molecule has 0 unspecified atom stereocenters. The topological polar surface area (TPSA) is 377 Å². The van der Waals surface area contributed by atoms with E-state index < -0.39 is 161 Å². The first kappa shape index (κ1) is 43.6. The van der Waals surface area contributed by atoms with Crippen LogP contribution < -0.4 is 10.6 Å². The number of aliphatic hydroxyl groups excluding tert-OH is 13.